The Kier molecular flexibility index (Phi) is 10.4. The predicted molar refractivity (Wildman–Crippen MR) is 327 cm³/mol. The van der Waals surface area contributed by atoms with E-state index in [0.29, 0.717) is 5.92 Å². The van der Waals surface area contributed by atoms with Crippen LogP contribution in [0.4, 0.5) is 28.4 Å². The Labute approximate surface area is 465 Å². The van der Waals surface area contributed by atoms with Gasteiger partial charge in [-0.1, -0.05) is 195 Å². The largest absolute Gasteiger partial charge is 0.314 e. The Hall–Kier alpha value is -8.90. The number of rotatable bonds is 9. The first kappa shape index (κ1) is 46.2. The SMILES string of the molecule is CC1(C)C2=C(C=C(N(c3ccccc3)c3cc4c(cc3C3=C=C=C(C5CC6CCC5C6)C=C3)-c3ccccc3C43c4ccccc4-c4cc(-c5ccccc5)cc(N(c5ccccc5)c5ccccc5)c43)CC2)c2ccccc21. The molecule has 2 bridgehead atoms. The van der Waals surface area contributed by atoms with Crippen molar-refractivity contribution in [2.45, 2.75) is 63.2 Å². The third kappa shape index (κ3) is 6.92. The first-order chi connectivity index (χ1) is 38.9. The zero-order valence-corrected chi connectivity index (χ0v) is 44.9. The number of allylic oxidation sites excluding steroid dienone is 8. The maximum absolute atomic E-state index is 3.90. The van der Waals surface area contributed by atoms with Crippen LogP contribution in [0.15, 0.2) is 265 Å². The van der Waals surface area contributed by atoms with Gasteiger partial charge in [0.25, 0.3) is 0 Å². The zero-order chi connectivity index (χ0) is 52.4. The van der Waals surface area contributed by atoms with Gasteiger partial charge in [-0.3, -0.25) is 0 Å². The highest BCUT2D eigenvalue weighted by Crippen LogP contribution is 2.67. The van der Waals surface area contributed by atoms with Gasteiger partial charge in [0.2, 0.25) is 0 Å². The van der Waals surface area contributed by atoms with Crippen molar-refractivity contribution in [2.24, 2.45) is 17.8 Å². The summed E-state index contributed by atoms with van der Waals surface area (Å²) < 4.78 is 0. The van der Waals surface area contributed by atoms with Gasteiger partial charge in [-0.25, -0.2) is 0 Å². The smallest absolute Gasteiger partial charge is 0.0746 e. The number of hydrogen-bond acceptors (Lipinski definition) is 2. The maximum atomic E-state index is 3.90. The lowest BCUT2D eigenvalue weighted by Gasteiger charge is -2.37. The third-order valence-corrected chi connectivity index (χ3v) is 19.3. The lowest BCUT2D eigenvalue weighted by molar-refractivity contribution is 0.384. The van der Waals surface area contributed by atoms with Crippen LogP contribution in [-0.4, -0.2) is 0 Å². The number of hydrogen-bond donors (Lipinski definition) is 0. The van der Waals surface area contributed by atoms with Crippen molar-refractivity contribution in [3.8, 4) is 33.4 Å². The lowest BCUT2D eigenvalue weighted by Crippen LogP contribution is -2.29. The molecule has 0 aliphatic heterocycles. The normalized spacial score (nSPS) is 20.9. The maximum Gasteiger partial charge on any atom is 0.0746 e. The van der Waals surface area contributed by atoms with E-state index in [0.717, 1.165) is 58.7 Å². The Morgan fingerprint density at radius 1 is 0.443 bits per heavy atom. The molecule has 4 unspecified atom stereocenters. The van der Waals surface area contributed by atoms with E-state index < -0.39 is 5.41 Å². The van der Waals surface area contributed by atoms with Crippen LogP contribution < -0.4 is 9.80 Å². The van der Waals surface area contributed by atoms with Crippen LogP contribution in [0.2, 0.25) is 0 Å². The molecule has 9 aromatic carbocycles. The van der Waals surface area contributed by atoms with Crippen molar-refractivity contribution in [3.63, 3.8) is 0 Å². The van der Waals surface area contributed by atoms with Crippen molar-refractivity contribution in [1.82, 2.24) is 0 Å². The molecule has 0 N–H and O–H groups in total. The topological polar surface area (TPSA) is 6.48 Å². The molecule has 1 spiro atoms. The van der Waals surface area contributed by atoms with Crippen LogP contribution >= 0.6 is 0 Å². The van der Waals surface area contributed by atoms with Crippen molar-refractivity contribution in [3.05, 3.63) is 304 Å². The van der Waals surface area contributed by atoms with Crippen LogP contribution in [-0.2, 0) is 10.8 Å². The molecule has 7 aliphatic carbocycles. The lowest BCUT2D eigenvalue weighted by atomic mass is 9.69. The monoisotopic (exact) mass is 1010 g/mol. The summed E-state index contributed by atoms with van der Waals surface area (Å²) in [5, 5.41) is 0. The van der Waals surface area contributed by atoms with Gasteiger partial charge in [-0.15, -0.1) is 0 Å². The molecule has 16 rings (SSSR count). The Bertz CT molecular complexity index is 4160. The van der Waals surface area contributed by atoms with Gasteiger partial charge in [-0.2, -0.15) is 0 Å². The summed E-state index contributed by atoms with van der Waals surface area (Å²) in [4.78, 5) is 5.15. The van der Waals surface area contributed by atoms with Crippen molar-refractivity contribution < 1.29 is 0 Å². The van der Waals surface area contributed by atoms with Crippen LogP contribution in [0.3, 0.4) is 0 Å². The standard InChI is InChI=1S/C77H60N2/c1-76(2)68-32-18-15-29-60(68)65-47-59(41-42-69(65)76)79(58-27-13-6-14-28-58)73-49-72-66(48-64(73)53-39-37-52(38-40-53)63-44-50-35-36-54(63)43-50)61-30-16-19-33-70(61)77(72)71-34-20-17-31-62(71)67-45-55(51-21-7-3-8-22-51)46-74(75(67)77)78(56-23-9-4-10-24-56)57-25-11-5-12-26-57/h3-34,37,39,45-50,54,63H,35-36,41-44H2,1-2H3. The molecule has 2 nitrogen and oxygen atoms in total. The summed E-state index contributed by atoms with van der Waals surface area (Å²) in [5.41, 5.74) is 35.9. The fourth-order valence-electron chi connectivity index (χ4n) is 15.9. The van der Waals surface area contributed by atoms with Gasteiger partial charge in [-0.05, 0) is 196 Å². The molecular formula is C77H60N2. The average molecular weight is 1010 g/mol. The second-order valence-electron chi connectivity index (χ2n) is 23.6. The van der Waals surface area contributed by atoms with Crippen molar-refractivity contribution in [1.29, 1.82) is 0 Å². The summed E-state index contributed by atoms with van der Waals surface area (Å²) in [6.07, 6.45) is 14.6. The highest BCUT2D eigenvalue weighted by atomic mass is 15.2. The zero-order valence-electron chi connectivity index (χ0n) is 44.9. The number of para-hydroxylation sites is 3. The molecule has 79 heavy (non-hydrogen) atoms. The molecule has 378 valence electrons. The highest BCUT2D eigenvalue weighted by Gasteiger charge is 2.54. The Morgan fingerprint density at radius 3 is 1.66 bits per heavy atom. The minimum Gasteiger partial charge on any atom is -0.314 e. The van der Waals surface area contributed by atoms with Gasteiger partial charge >= 0.3 is 0 Å². The van der Waals surface area contributed by atoms with Gasteiger partial charge < -0.3 is 9.80 Å². The molecule has 2 fully saturated rings. The van der Waals surface area contributed by atoms with E-state index in [1.807, 2.05) is 0 Å². The van der Waals surface area contributed by atoms with E-state index in [4.69, 9.17) is 0 Å². The van der Waals surface area contributed by atoms with E-state index in [9.17, 15) is 0 Å². The molecule has 7 aliphatic rings. The van der Waals surface area contributed by atoms with E-state index in [-0.39, 0.29) is 5.41 Å². The average Bonchev–Trinajstić information content (AvgIpc) is 2.14. The molecular weight excluding hydrogens is 953 g/mol. The molecule has 0 heterocycles. The number of fused-ring (bicyclic) bond motifs is 14. The first-order valence-corrected chi connectivity index (χ1v) is 28.8. The van der Waals surface area contributed by atoms with Gasteiger partial charge in [0, 0.05) is 50.4 Å². The van der Waals surface area contributed by atoms with Gasteiger partial charge in [0.15, 0.2) is 0 Å². The van der Waals surface area contributed by atoms with Crippen LogP contribution in [0, 0.1) is 17.8 Å². The second-order valence-corrected chi connectivity index (χ2v) is 23.6. The molecule has 0 radical (unpaired) electrons. The summed E-state index contributed by atoms with van der Waals surface area (Å²) in [6.45, 7) is 4.85. The van der Waals surface area contributed by atoms with Crippen molar-refractivity contribution in [2.75, 3.05) is 9.80 Å². The molecule has 0 amide bonds. The van der Waals surface area contributed by atoms with Crippen LogP contribution in [0.25, 0.3) is 44.5 Å². The Morgan fingerprint density at radius 2 is 1.04 bits per heavy atom. The van der Waals surface area contributed by atoms with E-state index in [1.54, 1.807) is 0 Å². The summed E-state index contributed by atoms with van der Waals surface area (Å²) in [7, 11) is 0. The second kappa shape index (κ2) is 17.8. The van der Waals surface area contributed by atoms with Crippen LogP contribution in [0.5, 0.6) is 0 Å². The van der Waals surface area contributed by atoms with E-state index in [1.165, 1.54) is 120 Å². The fraction of sp³-hybridized carbons (Fsp3) is 0.169. The minimum atomic E-state index is -0.716. The molecule has 2 saturated carbocycles. The first-order valence-electron chi connectivity index (χ1n) is 28.8. The fourth-order valence-corrected chi connectivity index (χ4v) is 15.9. The molecule has 4 atom stereocenters. The van der Waals surface area contributed by atoms with E-state index in [2.05, 4.69) is 272 Å². The van der Waals surface area contributed by atoms with E-state index >= 15 is 0 Å². The Balaban J connectivity index is 1.02. The number of benzene rings is 9. The summed E-state index contributed by atoms with van der Waals surface area (Å²) >= 11 is 0. The summed E-state index contributed by atoms with van der Waals surface area (Å²) in [6, 6.07) is 82.1. The molecule has 2 heteroatoms. The minimum absolute atomic E-state index is 0.0392. The number of anilines is 5. The molecule has 0 saturated heterocycles. The highest BCUT2D eigenvalue weighted by molar-refractivity contribution is 6.04. The summed E-state index contributed by atoms with van der Waals surface area (Å²) in [5.74, 6) is 2.21. The number of nitrogens with zero attached hydrogens (tertiary/aromatic N) is 2. The van der Waals surface area contributed by atoms with Crippen LogP contribution in [0.1, 0.15) is 91.3 Å². The molecule has 9 aromatic rings. The third-order valence-electron chi connectivity index (χ3n) is 19.3. The predicted octanol–water partition coefficient (Wildman–Crippen LogP) is 19.8. The van der Waals surface area contributed by atoms with Gasteiger partial charge in [0.1, 0.15) is 0 Å². The van der Waals surface area contributed by atoms with Gasteiger partial charge in [0.05, 0.1) is 16.8 Å². The molecule has 0 aromatic heterocycles. The quantitative estimate of drug-likeness (QED) is 0.133. The van der Waals surface area contributed by atoms with Crippen molar-refractivity contribution >= 4 is 39.6 Å².